The Hall–Kier alpha value is -0.780. The van der Waals surface area contributed by atoms with Crippen molar-refractivity contribution in [2.75, 3.05) is 13.6 Å². The lowest BCUT2D eigenvalue weighted by Gasteiger charge is -2.00. The molecule has 0 aliphatic heterocycles. The van der Waals surface area contributed by atoms with Crippen LogP contribution in [0.3, 0.4) is 0 Å². The van der Waals surface area contributed by atoms with Crippen LogP contribution in [0.5, 0.6) is 0 Å². The van der Waals surface area contributed by atoms with Gasteiger partial charge < -0.3 is 5.32 Å². The summed E-state index contributed by atoms with van der Waals surface area (Å²) in [6.45, 7) is 3.01. The van der Waals surface area contributed by atoms with Gasteiger partial charge in [-0.15, -0.1) is 10.2 Å². The first kappa shape index (κ1) is 12.7. The molecule has 90 valence electrons. The Balaban J connectivity index is 2.24. The minimum atomic E-state index is 0.928. The molecule has 0 bridgehead atoms. The Bertz CT molecular complexity index is 510. The molecule has 2 rings (SSSR count). The first-order valence-corrected chi connectivity index (χ1v) is 7.05. The highest BCUT2D eigenvalue weighted by Gasteiger charge is 2.09. The number of aromatic nitrogens is 2. The molecular formula is C12H14BrN3S. The second kappa shape index (κ2) is 5.71. The number of rotatable bonds is 4. The topological polar surface area (TPSA) is 37.8 Å². The van der Waals surface area contributed by atoms with Crippen LogP contribution in [0, 0.1) is 6.92 Å². The molecule has 2 aromatic rings. The molecule has 1 heterocycles. The van der Waals surface area contributed by atoms with Gasteiger partial charge in [0.1, 0.15) is 10.0 Å². The number of benzene rings is 1. The van der Waals surface area contributed by atoms with Crippen molar-refractivity contribution < 1.29 is 0 Å². The Labute approximate surface area is 113 Å². The third kappa shape index (κ3) is 3.12. The SMILES string of the molecule is CNCCc1nnc(-c2ccc(C)cc2Br)s1. The standard InChI is InChI=1S/C12H14BrN3S/c1-8-3-4-9(10(13)7-8)12-16-15-11(17-12)5-6-14-2/h3-4,7,14H,5-6H2,1-2H3. The maximum Gasteiger partial charge on any atom is 0.148 e. The summed E-state index contributed by atoms with van der Waals surface area (Å²) in [6.07, 6.45) is 0.928. The van der Waals surface area contributed by atoms with E-state index in [9.17, 15) is 0 Å². The lowest BCUT2D eigenvalue weighted by Crippen LogP contribution is -2.09. The normalized spacial score (nSPS) is 10.8. The largest absolute Gasteiger partial charge is 0.319 e. The highest BCUT2D eigenvalue weighted by Crippen LogP contribution is 2.31. The second-order valence-corrected chi connectivity index (χ2v) is 5.75. The van der Waals surface area contributed by atoms with E-state index in [0.717, 1.165) is 33.0 Å². The fourth-order valence-corrected chi connectivity index (χ4v) is 3.18. The maximum absolute atomic E-state index is 4.24. The fourth-order valence-electron chi connectivity index (χ4n) is 1.49. The molecule has 0 radical (unpaired) electrons. The summed E-state index contributed by atoms with van der Waals surface area (Å²) in [5.41, 5.74) is 2.35. The molecule has 3 nitrogen and oxygen atoms in total. The van der Waals surface area contributed by atoms with Crippen LogP contribution in [0.25, 0.3) is 10.6 Å². The highest BCUT2D eigenvalue weighted by molar-refractivity contribution is 9.10. The molecule has 0 amide bonds. The molecule has 1 aromatic carbocycles. The van der Waals surface area contributed by atoms with Gasteiger partial charge in [-0.3, -0.25) is 0 Å². The van der Waals surface area contributed by atoms with E-state index in [1.165, 1.54) is 5.56 Å². The molecule has 0 fully saturated rings. The predicted molar refractivity (Wildman–Crippen MR) is 75.4 cm³/mol. The third-order valence-electron chi connectivity index (χ3n) is 2.41. The van der Waals surface area contributed by atoms with Gasteiger partial charge in [-0.2, -0.15) is 0 Å². The van der Waals surface area contributed by atoms with E-state index in [2.05, 4.69) is 56.6 Å². The van der Waals surface area contributed by atoms with Crippen LogP contribution < -0.4 is 5.32 Å². The van der Waals surface area contributed by atoms with Crippen LogP contribution in [0.2, 0.25) is 0 Å². The fraction of sp³-hybridized carbons (Fsp3) is 0.333. The number of hydrogen-bond donors (Lipinski definition) is 1. The van der Waals surface area contributed by atoms with Crippen molar-refractivity contribution in [1.29, 1.82) is 0 Å². The molecule has 0 atom stereocenters. The Morgan fingerprint density at radius 3 is 2.88 bits per heavy atom. The minimum absolute atomic E-state index is 0.928. The molecule has 0 aliphatic rings. The zero-order valence-electron chi connectivity index (χ0n) is 9.83. The summed E-state index contributed by atoms with van der Waals surface area (Å²) in [5.74, 6) is 0. The van der Waals surface area contributed by atoms with E-state index in [0.29, 0.717) is 0 Å². The van der Waals surface area contributed by atoms with Gasteiger partial charge in [0.25, 0.3) is 0 Å². The van der Waals surface area contributed by atoms with E-state index in [1.54, 1.807) is 11.3 Å². The number of aryl methyl sites for hydroxylation is 1. The third-order valence-corrected chi connectivity index (χ3v) is 4.08. The van der Waals surface area contributed by atoms with Gasteiger partial charge in [-0.05, 0) is 25.6 Å². The Morgan fingerprint density at radius 2 is 2.18 bits per heavy atom. The lowest BCUT2D eigenvalue weighted by molar-refractivity contribution is 0.779. The number of nitrogens with zero attached hydrogens (tertiary/aromatic N) is 2. The average Bonchev–Trinajstić information content (AvgIpc) is 2.75. The van der Waals surface area contributed by atoms with E-state index < -0.39 is 0 Å². The molecule has 0 spiro atoms. The van der Waals surface area contributed by atoms with Gasteiger partial charge in [0.2, 0.25) is 0 Å². The zero-order valence-corrected chi connectivity index (χ0v) is 12.2. The van der Waals surface area contributed by atoms with E-state index in [-0.39, 0.29) is 0 Å². The van der Waals surface area contributed by atoms with Crippen LogP contribution in [0.1, 0.15) is 10.6 Å². The summed E-state index contributed by atoms with van der Waals surface area (Å²) in [7, 11) is 1.94. The van der Waals surface area contributed by atoms with Crippen LogP contribution >= 0.6 is 27.3 Å². The number of nitrogens with one attached hydrogen (secondary N) is 1. The molecule has 0 saturated heterocycles. The van der Waals surface area contributed by atoms with Crippen molar-refractivity contribution in [2.24, 2.45) is 0 Å². The molecule has 1 aromatic heterocycles. The van der Waals surface area contributed by atoms with Gasteiger partial charge in [0, 0.05) is 23.0 Å². The van der Waals surface area contributed by atoms with Crippen molar-refractivity contribution in [1.82, 2.24) is 15.5 Å². The molecule has 5 heteroatoms. The van der Waals surface area contributed by atoms with Gasteiger partial charge in [-0.1, -0.05) is 39.4 Å². The van der Waals surface area contributed by atoms with Crippen molar-refractivity contribution in [3.05, 3.63) is 33.2 Å². The molecule has 0 aliphatic carbocycles. The van der Waals surface area contributed by atoms with Crippen LogP contribution in [0.15, 0.2) is 22.7 Å². The molecular weight excluding hydrogens is 298 g/mol. The summed E-state index contributed by atoms with van der Waals surface area (Å²) in [5, 5.41) is 13.6. The highest BCUT2D eigenvalue weighted by atomic mass is 79.9. The minimum Gasteiger partial charge on any atom is -0.319 e. The monoisotopic (exact) mass is 311 g/mol. The van der Waals surface area contributed by atoms with Crippen LogP contribution in [-0.4, -0.2) is 23.8 Å². The summed E-state index contributed by atoms with van der Waals surface area (Å²) < 4.78 is 1.08. The zero-order chi connectivity index (χ0) is 12.3. The van der Waals surface area contributed by atoms with Crippen LogP contribution in [0.4, 0.5) is 0 Å². The van der Waals surface area contributed by atoms with E-state index in [4.69, 9.17) is 0 Å². The molecule has 17 heavy (non-hydrogen) atoms. The molecule has 0 saturated carbocycles. The summed E-state index contributed by atoms with van der Waals surface area (Å²) in [4.78, 5) is 0. The van der Waals surface area contributed by atoms with Gasteiger partial charge in [0.15, 0.2) is 0 Å². The van der Waals surface area contributed by atoms with Crippen molar-refractivity contribution >= 4 is 27.3 Å². The number of likely N-dealkylation sites (N-methyl/N-ethyl adjacent to an activating group) is 1. The molecule has 0 unspecified atom stereocenters. The maximum atomic E-state index is 4.24. The van der Waals surface area contributed by atoms with Gasteiger partial charge in [0.05, 0.1) is 0 Å². The van der Waals surface area contributed by atoms with E-state index >= 15 is 0 Å². The molecule has 1 N–H and O–H groups in total. The first-order valence-electron chi connectivity index (χ1n) is 5.44. The summed E-state index contributed by atoms with van der Waals surface area (Å²) in [6, 6.07) is 6.28. The first-order chi connectivity index (χ1) is 8.20. The van der Waals surface area contributed by atoms with Gasteiger partial charge >= 0.3 is 0 Å². The smallest absolute Gasteiger partial charge is 0.148 e. The van der Waals surface area contributed by atoms with Crippen molar-refractivity contribution in [3.63, 3.8) is 0 Å². The van der Waals surface area contributed by atoms with E-state index in [1.807, 2.05) is 7.05 Å². The number of halogens is 1. The van der Waals surface area contributed by atoms with Crippen molar-refractivity contribution in [2.45, 2.75) is 13.3 Å². The number of hydrogen-bond acceptors (Lipinski definition) is 4. The summed E-state index contributed by atoms with van der Waals surface area (Å²) >= 11 is 5.23. The van der Waals surface area contributed by atoms with Crippen LogP contribution in [-0.2, 0) is 6.42 Å². The quantitative estimate of drug-likeness (QED) is 0.943. The van der Waals surface area contributed by atoms with Crippen molar-refractivity contribution in [3.8, 4) is 10.6 Å². The predicted octanol–water partition coefficient (Wildman–Crippen LogP) is 3.04. The average molecular weight is 312 g/mol. The Kier molecular flexibility index (Phi) is 4.25. The Morgan fingerprint density at radius 1 is 1.35 bits per heavy atom. The second-order valence-electron chi connectivity index (χ2n) is 3.84. The lowest BCUT2D eigenvalue weighted by atomic mass is 10.2. The van der Waals surface area contributed by atoms with Gasteiger partial charge in [-0.25, -0.2) is 0 Å².